The van der Waals surface area contributed by atoms with Crippen molar-refractivity contribution >= 4 is 21.7 Å². The molecule has 0 aliphatic heterocycles. The first kappa shape index (κ1) is 15.0. The second kappa shape index (κ2) is 6.36. The van der Waals surface area contributed by atoms with Crippen LogP contribution in [0.25, 0.3) is 0 Å². The lowest BCUT2D eigenvalue weighted by Crippen LogP contribution is -2.08. The standard InChI is InChI=1S/C18H19BrO/c1-4-13-6-7-14(5-2)17(11-13)18(20)16-9-8-15(19)10-12(16)3/h6-11H,4-5H2,1-3H3. The van der Waals surface area contributed by atoms with E-state index in [0.717, 1.165) is 39.6 Å². The van der Waals surface area contributed by atoms with E-state index in [9.17, 15) is 4.79 Å². The van der Waals surface area contributed by atoms with Gasteiger partial charge in [0, 0.05) is 15.6 Å². The second-order valence-corrected chi connectivity index (χ2v) is 5.90. The fourth-order valence-corrected chi connectivity index (χ4v) is 2.87. The minimum Gasteiger partial charge on any atom is -0.289 e. The van der Waals surface area contributed by atoms with Gasteiger partial charge in [0.15, 0.2) is 5.78 Å². The Labute approximate surface area is 129 Å². The lowest BCUT2D eigenvalue weighted by Gasteiger charge is -2.11. The lowest BCUT2D eigenvalue weighted by atomic mass is 9.92. The maximum Gasteiger partial charge on any atom is 0.193 e. The van der Waals surface area contributed by atoms with Crippen molar-refractivity contribution < 1.29 is 4.79 Å². The van der Waals surface area contributed by atoms with Gasteiger partial charge in [0.1, 0.15) is 0 Å². The van der Waals surface area contributed by atoms with Crippen LogP contribution in [0.5, 0.6) is 0 Å². The molecule has 0 saturated carbocycles. The number of hydrogen-bond donors (Lipinski definition) is 0. The first-order valence-electron chi connectivity index (χ1n) is 6.99. The number of ketones is 1. The molecule has 0 saturated heterocycles. The van der Waals surface area contributed by atoms with Crippen LogP contribution < -0.4 is 0 Å². The minimum absolute atomic E-state index is 0.127. The Morgan fingerprint density at radius 1 is 1.00 bits per heavy atom. The molecule has 2 aromatic carbocycles. The van der Waals surface area contributed by atoms with E-state index < -0.39 is 0 Å². The molecule has 2 aromatic rings. The van der Waals surface area contributed by atoms with Gasteiger partial charge in [-0.15, -0.1) is 0 Å². The molecule has 0 unspecified atom stereocenters. The summed E-state index contributed by atoms with van der Waals surface area (Å²) in [6.07, 6.45) is 1.82. The Morgan fingerprint density at radius 3 is 2.35 bits per heavy atom. The van der Waals surface area contributed by atoms with E-state index in [1.165, 1.54) is 5.56 Å². The Hall–Kier alpha value is -1.41. The van der Waals surface area contributed by atoms with Gasteiger partial charge in [-0.3, -0.25) is 4.79 Å². The monoisotopic (exact) mass is 330 g/mol. The SMILES string of the molecule is CCc1ccc(CC)c(C(=O)c2ccc(Br)cc2C)c1. The van der Waals surface area contributed by atoms with Gasteiger partial charge in [0.25, 0.3) is 0 Å². The van der Waals surface area contributed by atoms with E-state index in [1.54, 1.807) is 0 Å². The molecule has 0 N–H and O–H groups in total. The zero-order chi connectivity index (χ0) is 14.7. The first-order chi connectivity index (χ1) is 9.56. The topological polar surface area (TPSA) is 17.1 Å². The molecule has 1 nitrogen and oxygen atoms in total. The van der Waals surface area contributed by atoms with Crippen LogP contribution in [0.1, 0.15) is 46.5 Å². The van der Waals surface area contributed by atoms with Gasteiger partial charge in [-0.05, 0) is 60.7 Å². The zero-order valence-electron chi connectivity index (χ0n) is 12.2. The van der Waals surface area contributed by atoms with Crippen molar-refractivity contribution in [2.75, 3.05) is 0 Å². The Morgan fingerprint density at radius 2 is 1.75 bits per heavy atom. The first-order valence-corrected chi connectivity index (χ1v) is 7.78. The number of benzene rings is 2. The highest BCUT2D eigenvalue weighted by molar-refractivity contribution is 9.10. The number of rotatable bonds is 4. The van der Waals surface area contributed by atoms with Crippen LogP contribution >= 0.6 is 15.9 Å². The van der Waals surface area contributed by atoms with E-state index in [1.807, 2.05) is 31.2 Å². The third-order valence-corrected chi connectivity index (χ3v) is 4.13. The summed E-state index contributed by atoms with van der Waals surface area (Å²) < 4.78 is 1.00. The number of carbonyl (C=O) groups excluding carboxylic acids is 1. The van der Waals surface area contributed by atoms with Gasteiger partial charge in [0.2, 0.25) is 0 Å². The van der Waals surface area contributed by atoms with E-state index >= 15 is 0 Å². The lowest BCUT2D eigenvalue weighted by molar-refractivity contribution is 0.103. The molecule has 2 rings (SSSR count). The molecule has 2 heteroatoms. The quantitative estimate of drug-likeness (QED) is 0.711. The fourth-order valence-electron chi connectivity index (χ4n) is 2.39. The van der Waals surface area contributed by atoms with Crippen LogP contribution in [0.3, 0.4) is 0 Å². The molecule has 20 heavy (non-hydrogen) atoms. The average Bonchev–Trinajstić information content (AvgIpc) is 2.46. The maximum absolute atomic E-state index is 12.8. The molecule has 0 bridgehead atoms. The van der Waals surface area contributed by atoms with Crippen LogP contribution in [-0.4, -0.2) is 5.78 Å². The summed E-state index contributed by atoms with van der Waals surface area (Å²) >= 11 is 3.44. The molecule has 0 spiro atoms. The van der Waals surface area contributed by atoms with Crippen LogP contribution in [0, 0.1) is 6.92 Å². The molecular weight excluding hydrogens is 312 g/mol. The predicted molar refractivity (Wildman–Crippen MR) is 87.5 cm³/mol. The second-order valence-electron chi connectivity index (χ2n) is 4.99. The van der Waals surface area contributed by atoms with Crippen molar-refractivity contribution in [3.63, 3.8) is 0 Å². The highest BCUT2D eigenvalue weighted by Gasteiger charge is 2.15. The third kappa shape index (κ3) is 3.01. The van der Waals surface area contributed by atoms with Crippen molar-refractivity contribution in [3.05, 3.63) is 68.7 Å². The summed E-state index contributed by atoms with van der Waals surface area (Å²) in [6, 6.07) is 12.1. The normalized spacial score (nSPS) is 10.6. The van der Waals surface area contributed by atoms with Crippen molar-refractivity contribution in [2.45, 2.75) is 33.6 Å². The van der Waals surface area contributed by atoms with E-state index in [0.29, 0.717) is 0 Å². The Kier molecular flexibility index (Phi) is 4.77. The third-order valence-electron chi connectivity index (χ3n) is 3.64. The van der Waals surface area contributed by atoms with Crippen LogP contribution in [0.15, 0.2) is 40.9 Å². The molecule has 104 valence electrons. The van der Waals surface area contributed by atoms with E-state index in [-0.39, 0.29) is 5.78 Å². The Balaban J connectivity index is 2.51. The molecule has 0 heterocycles. The van der Waals surface area contributed by atoms with E-state index in [2.05, 4.69) is 41.9 Å². The summed E-state index contributed by atoms with van der Waals surface area (Å²) in [4.78, 5) is 12.8. The largest absolute Gasteiger partial charge is 0.289 e. The number of aryl methyl sites for hydroxylation is 3. The van der Waals surface area contributed by atoms with Crippen LogP contribution in [-0.2, 0) is 12.8 Å². The zero-order valence-corrected chi connectivity index (χ0v) is 13.8. The molecule has 0 amide bonds. The van der Waals surface area contributed by atoms with Gasteiger partial charge in [-0.25, -0.2) is 0 Å². The van der Waals surface area contributed by atoms with Crippen LogP contribution in [0.2, 0.25) is 0 Å². The summed E-state index contributed by atoms with van der Waals surface area (Å²) in [5, 5.41) is 0. The molecular formula is C18H19BrO. The molecule has 0 radical (unpaired) electrons. The smallest absolute Gasteiger partial charge is 0.193 e. The molecule has 0 atom stereocenters. The summed E-state index contributed by atoms with van der Waals surface area (Å²) in [5.41, 5.74) is 4.97. The van der Waals surface area contributed by atoms with Gasteiger partial charge < -0.3 is 0 Å². The van der Waals surface area contributed by atoms with Crippen LogP contribution in [0.4, 0.5) is 0 Å². The summed E-state index contributed by atoms with van der Waals surface area (Å²) in [5.74, 6) is 0.127. The summed E-state index contributed by atoms with van der Waals surface area (Å²) in [7, 11) is 0. The van der Waals surface area contributed by atoms with Gasteiger partial charge >= 0.3 is 0 Å². The average molecular weight is 331 g/mol. The highest BCUT2D eigenvalue weighted by atomic mass is 79.9. The van der Waals surface area contributed by atoms with Gasteiger partial charge in [-0.2, -0.15) is 0 Å². The predicted octanol–water partition coefficient (Wildman–Crippen LogP) is 5.11. The highest BCUT2D eigenvalue weighted by Crippen LogP contribution is 2.22. The number of hydrogen-bond acceptors (Lipinski definition) is 1. The molecule has 0 aromatic heterocycles. The van der Waals surface area contributed by atoms with Crippen molar-refractivity contribution in [2.24, 2.45) is 0 Å². The number of carbonyl (C=O) groups is 1. The minimum atomic E-state index is 0.127. The molecule has 0 aliphatic rings. The fraction of sp³-hybridized carbons (Fsp3) is 0.278. The maximum atomic E-state index is 12.8. The molecule has 0 fully saturated rings. The summed E-state index contributed by atoms with van der Waals surface area (Å²) in [6.45, 7) is 6.18. The van der Waals surface area contributed by atoms with Crippen molar-refractivity contribution in [1.82, 2.24) is 0 Å². The van der Waals surface area contributed by atoms with Crippen molar-refractivity contribution in [3.8, 4) is 0 Å². The van der Waals surface area contributed by atoms with E-state index in [4.69, 9.17) is 0 Å². The molecule has 0 aliphatic carbocycles. The van der Waals surface area contributed by atoms with Crippen molar-refractivity contribution in [1.29, 1.82) is 0 Å². The number of halogens is 1. The van der Waals surface area contributed by atoms with Gasteiger partial charge in [-0.1, -0.05) is 41.9 Å². The van der Waals surface area contributed by atoms with Gasteiger partial charge in [0.05, 0.1) is 0 Å². The Bertz CT molecular complexity index is 644.